The van der Waals surface area contributed by atoms with Crippen molar-refractivity contribution in [2.45, 2.75) is 64.0 Å². The van der Waals surface area contributed by atoms with Gasteiger partial charge in [0, 0.05) is 18.6 Å². The van der Waals surface area contributed by atoms with Crippen LogP contribution < -0.4 is 5.73 Å². The number of likely N-dealkylation sites (N-methyl/N-ethyl adjacent to an activating group) is 1. The third kappa shape index (κ3) is 3.97. The molecular formula is C12H26N2. The molecule has 1 aliphatic rings. The molecule has 1 saturated carbocycles. The zero-order valence-electron chi connectivity index (χ0n) is 9.84. The lowest BCUT2D eigenvalue weighted by Crippen LogP contribution is -2.41. The highest BCUT2D eigenvalue weighted by Gasteiger charge is 2.18. The monoisotopic (exact) mass is 198 g/mol. The van der Waals surface area contributed by atoms with E-state index in [-0.39, 0.29) is 0 Å². The highest BCUT2D eigenvalue weighted by atomic mass is 15.1. The third-order valence-corrected chi connectivity index (χ3v) is 3.38. The van der Waals surface area contributed by atoms with Crippen molar-refractivity contribution >= 4 is 0 Å². The van der Waals surface area contributed by atoms with E-state index in [0.717, 1.165) is 19.0 Å². The molecule has 84 valence electrons. The van der Waals surface area contributed by atoms with Crippen molar-refractivity contribution < 1.29 is 0 Å². The van der Waals surface area contributed by atoms with Gasteiger partial charge in [-0.15, -0.1) is 0 Å². The molecule has 1 rings (SSSR count). The Bertz CT molecular complexity index is 141. The molecule has 1 atom stereocenters. The van der Waals surface area contributed by atoms with E-state index in [1.807, 2.05) is 0 Å². The molecule has 0 saturated heterocycles. The second-order valence-electron chi connectivity index (χ2n) is 4.78. The van der Waals surface area contributed by atoms with Crippen LogP contribution in [0, 0.1) is 0 Å². The molecule has 0 heterocycles. The second-order valence-corrected chi connectivity index (χ2v) is 4.78. The lowest BCUT2D eigenvalue weighted by atomic mass is 9.94. The number of rotatable bonds is 5. The Morgan fingerprint density at radius 1 is 1.29 bits per heavy atom. The molecule has 2 heteroatoms. The van der Waals surface area contributed by atoms with Gasteiger partial charge in [0.15, 0.2) is 0 Å². The first-order chi connectivity index (χ1) is 6.74. The first-order valence-electron chi connectivity index (χ1n) is 6.20. The van der Waals surface area contributed by atoms with Crippen molar-refractivity contribution in [3.8, 4) is 0 Å². The minimum absolute atomic E-state index is 0.381. The second kappa shape index (κ2) is 6.41. The SMILES string of the molecule is CCC[C@H](N)CN(C)C1CCCCC1. The summed E-state index contributed by atoms with van der Waals surface area (Å²) in [6.45, 7) is 3.29. The summed E-state index contributed by atoms with van der Waals surface area (Å²) < 4.78 is 0. The molecule has 0 unspecified atom stereocenters. The summed E-state index contributed by atoms with van der Waals surface area (Å²) in [6, 6.07) is 1.19. The molecule has 2 nitrogen and oxygen atoms in total. The van der Waals surface area contributed by atoms with Crippen molar-refractivity contribution in [3.63, 3.8) is 0 Å². The highest BCUT2D eigenvalue weighted by molar-refractivity contribution is 4.76. The number of hydrogen-bond donors (Lipinski definition) is 1. The van der Waals surface area contributed by atoms with E-state index in [4.69, 9.17) is 5.73 Å². The molecule has 14 heavy (non-hydrogen) atoms. The van der Waals surface area contributed by atoms with Crippen molar-refractivity contribution in [1.29, 1.82) is 0 Å². The Morgan fingerprint density at radius 2 is 1.93 bits per heavy atom. The molecule has 0 spiro atoms. The predicted octanol–water partition coefficient (Wildman–Crippen LogP) is 2.38. The molecule has 0 aromatic heterocycles. The van der Waals surface area contributed by atoms with Crippen molar-refractivity contribution in [3.05, 3.63) is 0 Å². The molecule has 1 aliphatic carbocycles. The van der Waals surface area contributed by atoms with E-state index in [9.17, 15) is 0 Å². The lowest BCUT2D eigenvalue weighted by Gasteiger charge is -2.32. The van der Waals surface area contributed by atoms with Gasteiger partial charge >= 0.3 is 0 Å². The van der Waals surface area contributed by atoms with E-state index < -0.39 is 0 Å². The van der Waals surface area contributed by atoms with Gasteiger partial charge in [0.25, 0.3) is 0 Å². The van der Waals surface area contributed by atoms with Gasteiger partial charge in [-0.25, -0.2) is 0 Å². The summed E-state index contributed by atoms with van der Waals surface area (Å²) >= 11 is 0. The van der Waals surface area contributed by atoms with E-state index in [0.29, 0.717) is 6.04 Å². The quantitative estimate of drug-likeness (QED) is 0.735. The maximum atomic E-state index is 6.05. The molecule has 0 aromatic carbocycles. The van der Waals surface area contributed by atoms with Crippen LogP contribution >= 0.6 is 0 Å². The maximum Gasteiger partial charge on any atom is 0.0167 e. The zero-order valence-corrected chi connectivity index (χ0v) is 9.84. The summed E-state index contributed by atoms with van der Waals surface area (Å²) in [7, 11) is 2.24. The first kappa shape index (κ1) is 12.0. The van der Waals surface area contributed by atoms with E-state index in [1.54, 1.807) is 0 Å². The summed E-state index contributed by atoms with van der Waals surface area (Å²) in [4.78, 5) is 2.49. The van der Waals surface area contributed by atoms with Crippen molar-refractivity contribution in [2.24, 2.45) is 5.73 Å². The lowest BCUT2D eigenvalue weighted by molar-refractivity contribution is 0.180. The molecule has 1 fully saturated rings. The van der Waals surface area contributed by atoms with Crippen LogP contribution in [-0.2, 0) is 0 Å². The van der Waals surface area contributed by atoms with Crippen LogP contribution in [0.2, 0.25) is 0 Å². The van der Waals surface area contributed by atoms with Gasteiger partial charge in [0.1, 0.15) is 0 Å². The maximum absolute atomic E-state index is 6.05. The molecule has 0 aromatic rings. The summed E-state index contributed by atoms with van der Waals surface area (Å²) in [5.41, 5.74) is 6.05. The predicted molar refractivity (Wildman–Crippen MR) is 62.4 cm³/mol. The fourth-order valence-corrected chi connectivity index (χ4v) is 2.50. The summed E-state index contributed by atoms with van der Waals surface area (Å²) in [6.07, 6.45) is 9.41. The van der Waals surface area contributed by atoms with E-state index in [1.165, 1.54) is 38.5 Å². The Kier molecular flexibility index (Phi) is 5.49. The van der Waals surface area contributed by atoms with Crippen molar-refractivity contribution in [1.82, 2.24) is 4.90 Å². The average molecular weight is 198 g/mol. The van der Waals surface area contributed by atoms with Crippen LogP contribution in [0.3, 0.4) is 0 Å². The number of hydrogen-bond acceptors (Lipinski definition) is 2. The van der Waals surface area contributed by atoms with Crippen LogP contribution in [0.4, 0.5) is 0 Å². The fourth-order valence-electron chi connectivity index (χ4n) is 2.50. The Hall–Kier alpha value is -0.0800. The van der Waals surface area contributed by atoms with Crippen LogP contribution in [0.25, 0.3) is 0 Å². The van der Waals surface area contributed by atoms with Gasteiger partial charge in [-0.2, -0.15) is 0 Å². The van der Waals surface area contributed by atoms with Crippen LogP contribution in [0.1, 0.15) is 51.9 Å². The Morgan fingerprint density at radius 3 is 2.50 bits per heavy atom. The smallest absolute Gasteiger partial charge is 0.0167 e. The van der Waals surface area contributed by atoms with Gasteiger partial charge in [-0.1, -0.05) is 32.6 Å². The Balaban J connectivity index is 2.21. The molecule has 2 N–H and O–H groups in total. The van der Waals surface area contributed by atoms with Gasteiger partial charge < -0.3 is 10.6 Å². The van der Waals surface area contributed by atoms with Crippen molar-refractivity contribution in [2.75, 3.05) is 13.6 Å². The topological polar surface area (TPSA) is 29.3 Å². The largest absolute Gasteiger partial charge is 0.327 e. The summed E-state index contributed by atoms with van der Waals surface area (Å²) in [5.74, 6) is 0. The molecule has 0 bridgehead atoms. The summed E-state index contributed by atoms with van der Waals surface area (Å²) in [5, 5.41) is 0. The zero-order chi connectivity index (χ0) is 10.4. The highest BCUT2D eigenvalue weighted by Crippen LogP contribution is 2.21. The minimum atomic E-state index is 0.381. The van der Waals surface area contributed by atoms with E-state index in [2.05, 4.69) is 18.9 Å². The number of nitrogens with two attached hydrogens (primary N) is 1. The van der Waals surface area contributed by atoms with Crippen LogP contribution in [0.15, 0.2) is 0 Å². The minimum Gasteiger partial charge on any atom is -0.327 e. The average Bonchev–Trinajstić information content (AvgIpc) is 2.19. The standard InChI is InChI=1S/C12H26N2/c1-3-7-11(13)10-14(2)12-8-5-4-6-9-12/h11-12H,3-10,13H2,1-2H3/t11-/m0/s1. The molecule has 0 amide bonds. The molecule has 0 aliphatic heterocycles. The van der Waals surface area contributed by atoms with Gasteiger partial charge in [0.2, 0.25) is 0 Å². The molecular weight excluding hydrogens is 172 g/mol. The first-order valence-corrected chi connectivity index (χ1v) is 6.20. The van der Waals surface area contributed by atoms with Gasteiger partial charge in [-0.3, -0.25) is 0 Å². The Labute approximate surface area is 88.8 Å². The normalized spacial score (nSPS) is 21.4. The van der Waals surface area contributed by atoms with E-state index >= 15 is 0 Å². The molecule has 0 radical (unpaired) electrons. The van der Waals surface area contributed by atoms with Gasteiger partial charge in [0.05, 0.1) is 0 Å². The third-order valence-electron chi connectivity index (χ3n) is 3.38. The van der Waals surface area contributed by atoms with Gasteiger partial charge in [-0.05, 0) is 26.3 Å². The number of nitrogens with zero attached hydrogens (tertiary/aromatic N) is 1. The fraction of sp³-hybridized carbons (Fsp3) is 1.00. The van der Waals surface area contributed by atoms with Crippen LogP contribution in [0.5, 0.6) is 0 Å². The van der Waals surface area contributed by atoms with Crippen LogP contribution in [-0.4, -0.2) is 30.6 Å².